The van der Waals surface area contributed by atoms with E-state index in [2.05, 4.69) is 9.97 Å². The van der Waals surface area contributed by atoms with Gasteiger partial charge in [-0.2, -0.15) is 0 Å². The SMILES string of the molecule is CCOC(=O)/C=C/c1ccc2ncccc2n1. The minimum absolute atomic E-state index is 0.361. The van der Waals surface area contributed by atoms with E-state index in [0.717, 1.165) is 11.0 Å². The van der Waals surface area contributed by atoms with Crippen molar-refractivity contribution in [2.24, 2.45) is 0 Å². The minimum Gasteiger partial charge on any atom is -0.463 e. The first-order chi connectivity index (χ1) is 8.29. The van der Waals surface area contributed by atoms with Gasteiger partial charge in [-0.05, 0) is 37.3 Å². The molecule has 2 aromatic heterocycles. The maximum Gasteiger partial charge on any atom is 0.330 e. The van der Waals surface area contributed by atoms with E-state index in [1.54, 1.807) is 19.2 Å². The molecule has 17 heavy (non-hydrogen) atoms. The third-order valence-corrected chi connectivity index (χ3v) is 2.15. The van der Waals surface area contributed by atoms with Crippen LogP contribution in [0.15, 0.2) is 36.5 Å². The quantitative estimate of drug-likeness (QED) is 0.597. The molecule has 0 aliphatic rings. The van der Waals surface area contributed by atoms with Crippen LogP contribution in [0.2, 0.25) is 0 Å². The van der Waals surface area contributed by atoms with Crippen molar-refractivity contribution in [3.05, 3.63) is 42.2 Å². The lowest BCUT2D eigenvalue weighted by Crippen LogP contribution is -1.98. The van der Waals surface area contributed by atoms with Gasteiger partial charge in [-0.3, -0.25) is 4.98 Å². The Morgan fingerprint density at radius 1 is 1.35 bits per heavy atom. The molecule has 0 amide bonds. The summed E-state index contributed by atoms with van der Waals surface area (Å²) in [4.78, 5) is 19.6. The topological polar surface area (TPSA) is 52.1 Å². The third kappa shape index (κ3) is 2.87. The summed E-state index contributed by atoms with van der Waals surface area (Å²) in [5.41, 5.74) is 2.35. The van der Waals surface area contributed by atoms with E-state index < -0.39 is 0 Å². The van der Waals surface area contributed by atoms with Crippen LogP contribution in [-0.4, -0.2) is 22.5 Å². The molecule has 0 aliphatic heterocycles. The van der Waals surface area contributed by atoms with Crippen LogP contribution < -0.4 is 0 Å². The Hall–Kier alpha value is -2.23. The van der Waals surface area contributed by atoms with E-state index in [1.165, 1.54) is 6.08 Å². The summed E-state index contributed by atoms with van der Waals surface area (Å²) in [6.45, 7) is 2.14. The van der Waals surface area contributed by atoms with Gasteiger partial charge in [0.15, 0.2) is 0 Å². The fourth-order valence-corrected chi connectivity index (χ4v) is 1.41. The molecular formula is C13H12N2O2. The highest BCUT2D eigenvalue weighted by Gasteiger charge is 1.97. The molecule has 0 spiro atoms. The lowest BCUT2D eigenvalue weighted by Gasteiger charge is -1.98. The number of ether oxygens (including phenoxy) is 1. The van der Waals surface area contributed by atoms with E-state index in [0.29, 0.717) is 12.3 Å². The van der Waals surface area contributed by atoms with E-state index in [1.807, 2.05) is 24.3 Å². The Morgan fingerprint density at radius 3 is 3.06 bits per heavy atom. The van der Waals surface area contributed by atoms with E-state index >= 15 is 0 Å². The van der Waals surface area contributed by atoms with Gasteiger partial charge in [-0.1, -0.05) is 0 Å². The number of pyridine rings is 2. The standard InChI is InChI=1S/C13H12N2O2/c1-2-17-13(16)8-6-10-5-7-11-12(15-10)4-3-9-14-11/h3-9H,2H2,1H3/b8-6+. The molecule has 2 aromatic rings. The van der Waals surface area contributed by atoms with Crippen LogP contribution in [0.4, 0.5) is 0 Å². The van der Waals surface area contributed by atoms with Crippen LogP contribution in [0.1, 0.15) is 12.6 Å². The van der Waals surface area contributed by atoms with Crippen LogP contribution in [0.5, 0.6) is 0 Å². The highest BCUT2D eigenvalue weighted by Crippen LogP contribution is 2.09. The lowest BCUT2D eigenvalue weighted by atomic mass is 10.2. The van der Waals surface area contributed by atoms with Gasteiger partial charge in [0, 0.05) is 12.3 Å². The highest BCUT2D eigenvalue weighted by molar-refractivity contribution is 5.87. The summed E-state index contributed by atoms with van der Waals surface area (Å²) in [5, 5.41) is 0. The van der Waals surface area contributed by atoms with Crippen molar-refractivity contribution in [2.45, 2.75) is 6.92 Å². The predicted molar refractivity (Wildman–Crippen MR) is 65.2 cm³/mol. The van der Waals surface area contributed by atoms with Crippen LogP contribution >= 0.6 is 0 Å². The molecule has 0 saturated carbocycles. The van der Waals surface area contributed by atoms with Gasteiger partial charge in [0.2, 0.25) is 0 Å². The average Bonchev–Trinajstić information content (AvgIpc) is 2.36. The second kappa shape index (κ2) is 5.21. The summed E-state index contributed by atoms with van der Waals surface area (Å²) < 4.78 is 4.79. The smallest absolute Gasteiger partial charge is 0.330 e. The van der Waals surface area contributed by atoms with Gasteiger partial charge < -0.3 is 4.74 Å². The first kappa shape index (κ1) is 11.3. The van der Waals surface area contributed by atoms with Gasteiger partial charge in [-0.15, -0.1) is 0 Å². The summed E-state index contributed by atoms with van der Waals surface area (Å²) in [7, 11) is 0. The molecule has 0 fully saturated rings. The molecule has 0 aliphatic carbocycles. The summed E-state index contributed by atoms with van der Waals surface area (Å²) in [6.07, 6.45) is 4.72. The normalized spacial score (nSPS) is 10.9. The summed E-state index contributed by atoms with van der Waals surface area (Å²) in [6, 6.07) is 7.39. The Bertz CT molecular complexity index is 564. The van der Waals surface area contributed by atoms with Crippen LogP contribution in [0.25, 0.3) is 17.1 Å². The Balaban J connectivity index is 2.22. The first-order valence-electron chi connectivity index (χ1n) is 5.36. The zero-order chi connectivity index (χ0) is 12.1. The fourth-order valence-electron chi connectivity index (χ4n) is 1.41. The molecule has 0 atom stereocenters. The number of fused-ring (bicyclic) bond motifs is 1. The average molecular weight is 228 g/mol. The van der Waals surface area contributed by atoms with Crippen molar-refractivity contribution in [3.8, 4) is 0 Å². The maximum atomic E-state index is 11.1. The predicted octanol–water partition coefficient (Wildman–Crippen LogP) is 2.21. The highest BCUT2D eigenvalue weighted by atomic mass is 16.5. The number of esters is 1. The molecule has 0 aromatic carbocycles. The molecule has 0 radical (unpaired) electrons. The molecule has 0 saturated heterocycles. The van der Waals surface area contributed by atoms with Crippen molar-refractivity contribution < 1.29 is 9.53 Å². The van der Waals surface area contributed by atoms with E-state index in [-0.39, 0.29) is 5.97 Å². The monoisotopic (exact) mass is 228 g/mol. The van der Waals surface area contributed by atoms with Crippen LogP contribution in [-0.2, 0) is 9.53 Å². The van der Waals surface area contributed by atoms with Crippen molar-refractivity contribution in [1.82, 2.24) is 9.97 Å². The Morgan fingerprint density at radius 2 is 2.24 bits per heavy atom. The molecule has 4 heteroatoms. The molecule has 0 N–H and O–H groups in total. The molecule has 2 heterocycles. The van der Waals surface area contributed by atoms with Gasteiger partial charge >= 0.3 is 5.97 Å². The summed E-state index contributed by atoms with van der Waals surface area (Å²) in [5.74, 6) is -0.361. The van der Waals surface area contributed by atoms with Crippen LogP contribution in [0.3, 0.4) is 0 Å². The number of nitrogens with zero attached hydrogens (tertiary/aromatic N) is 2. The Kier molecular flexibility index (Phi) is 3.45. The molecule has 0 unspecified atom stereocenters. The number of carbonyl (C=O) groups is 1. The van der Waals surface area contributed by atoms with Gasteiger partial charge in [0.25, 0.3) is 0 Å². The van der Waals surface area contributed by atoms with Crippen molar-refractivity contribution in [2.75, 3.05) is 6.61 Å². The number of carbonyl (C=O) groups excluding carboxylic acids is 1. The van der Waals surface area contributed by atoms with Gasteiger partial charge in [0.1, 0.15) is 0 Å². The van der Waals surface area contributed by atoms with Crippen molar-refractivity contribution in [1.29, 1.82) is 0 Å². The van der Waals surface area contributed by atoms with Crippen molar-refractivity contribution in [3.63, 3.8) is 0 Å². The third-order valence-electron chi connectivity index (χ3n) is 2.15. The lowest BCUT2D eigenvalue weighted by molar-refractivity contribution is -0.137. The van der Waals surface area contributed by atoms with E-state index in [9.17, 15) is 4.79 Å². The number of rotatable bonds is 3. The van der Waals surface area contributed by atoms with Gasteiger partial charge in [-0.25, -0.2) is 9.78 Å². The number of hydrogen-bond donors (Lipinski definition) is 0. The molecule has 86 valence electrons. The molecule has 0 bridgehead atoms. The van der Waals surface area contributed by atoms with Crippen LogP contribution in [0, 0.1) is 0 Å². The maximum absolute atomic E-state index is 11.1. The Labute approximate surface area is 99.0 Å². The minimum atomic E-state index is -0.361. The fraction of sp³-hybridized carbons (Fsp3) is 0.154. The second-order valence-electron chi connectivity index (χ2n) is 3.36. The number of hydrogen-bond acceptors (Lipinski definition) is 4. The first-order valence-corrected chi connectivity index (χ1v) is 5.36. The molecular weight excluding hydrogens is 216 g/mol. The van der Waals surface area contributed by atoms with Gasteiger partial charge in [0.05, 0.1) is 23.3 Å². The zero-order valence-electron chi connectivity index (χ0n) is 9.46. The molecule has 2 rings (SSSR count). The largest absolute Gasteiger partial charge is 0.463 e. The zero-order valence-corrected chi connectivity index (χ0v) is 9.46. The van der Waals surface area contributed by atoms with E-state index in [4.69, 9.17) is 4.74 Å². The second-order valence-corrected chi connectivity index (χ2v) is 3.36. The van der Waals surface area contributed by atoms with Crippen molar-refractivity contribution >= 4 is 23.1 Å². The summed E-state index contributed by atoms with van der Waals surface area (Å²) >= 11 is 0. The number of aromatic nitrogens is 2. The molecule has 4 nitrogen and oxygen atoms in total.